The summed E-state index contributed by atoms with van der Waals surface area (Å²) in [6, 6.07) is 7.35. The molecule has 3 nitrogen and oxygen atoms in total. The first-order valence-corrected chi connectivity index (χ1v) is 6.70. The lowest BCUT2D eigenvalue weighted by atomic mass is 9.97. The number of aliphatic imine (C=N–C) groups is 1. The van der Waals surface area contributed by atoms with Gasteiger partial charge in [-0.15, -0.1) is 0 Å². The van der Waals surface area contributed by atoms with E-state index in [1.54, 1.807) is 0 Å². The van der Waals surface area contributed by atoms with E-state index in [4.69, 9.17) is 5.73 Å². The lowest BCUT2D eigenvalue weighted by molar-refractivity contribution is 0.268. The molecule has 0 radical (unpaired) electrons. The Kier molecular flexibility index (Phi) is 3.60. The molecule has 18 heavy (non-hydrogen) atoms. The van der Waals surface area contributed by atoms with Gasteiger partial charge in [0, 0.05) is 6.04 Å². The number of guanidine groups is 1. The summed E-state index contributed by atoms with van der Waals surface area (Å²) in [7, 11) is 0. The third-order valence-electron chi connectivity index (χ3n) is 3.89. The van der Waals surface area contributed by atoms with Crippen molar-refractivity contribution in [1.82, 2.24) is 4.90 Å². The van der Waals surface area contributed by atoms with Crippen LogP contribution in [0.25, 0.3) is 0 Å². The van der Waals surface area contributed by atoms with Crippen LogP contribution in [0.1, 0.15) is 43.0 Å². The van der Waals surface area contributed by atoms with Crippen molar-refractivity contribution in [2.75, 3.05) is 6.54 Å². The van der Waals surface area contributed by atoms with Gasteiger partial charge >= 0.3 is 0 Å². The Morgan fingerprint density at radius 1 is 1.44 bits per heavy atom. The molecule has 0 bridgehead atoms. The molecule has 1 heterocycles. The fourth-order valence-electron chi connectivity index (χ4n) is 2.61. The molecule has 2 N–H and O–H groups in total. The maximum Gasteiger partial charge on any atom is 0.192 e. The van der Waals surface area contributed by atoms with Gasteiger partial charge in [-0.3, -0.25) is 4.99 Å². The molecule has 0 aliphatic carbocycles. The molecule has 0 saturated carbocycles. The molecule has 1 aliphatic rings. The van der Waals surface area contributed by atoms with Crippen molar-refractivity contribution in [2.45, 2.75) is 46.2 Å². The lowest BCUT2D eigenvalue weighted by Crippen LogP contribution is -2.42. The van der Waals surface area contributed by atoms with Gasteiger partial charge in [-0.25, -0.2) is 0 Å². The van der Waals surface area contributed by atoms with Crippen molar-refractivity contribution >= 4 is 5.96 Å². The zero-order chi connectivity index (χ0) is 13.3. The van der Waals surface area contributed by atoms with E-state index in [9.17, 15) is 0 Å². The van der Waals surface area contributed by atoms with Crippen LogP contribution in [0.5, 0.6) is 0 Å². The van der Waals surface area contributed by atoms with Gasteiger partial charge in [-0.2, -0.15) is 0 Å². The molecule has 0 fully saturated rings. The molecular formula is C15H23N3. The lowest BCUT2D eigenvalue weighted by Gasteiger charge is -2.32. The predicted octanol–water partition coefficient (Wildman–Crippen LogP) is 2.77. The Balaban J connectivity index is 2.36. The van der Waals surface area contributed by atoms with Crippen molar-refractivity contribution in [3.63, 3.8) is 0 Å². The fraction of sp³-hybridized carbons (Fsp3) is 0.533. The van der Waals surface area contributed by atoms with Crippen LogP contribution in [0.4, 0.5) is 0 Å². The minimum atomic E-state index is 0.305. The summed E-state index contributed by atoms with van der Waals surface area (Å²) in [5.74, 6) is 0.690. The second kappa shape index (κ2) is 5.01. The van der Waals surface area contributed by atoms with Crippen LogP contribution < -0.4 is 5.73 Å². The van der Waals surface area contributed by atoms with E-state index in [2.05, 4.69) is 55.8 Å². The molecule has 0 amide bonds. The van der Waals surface area contributed by atoms with E-state index in [0.29, 0.717) is 18.0 Å². The van der Waals surface area contributed by atoms with Gasteiger partial charge in [0.05, 0.1) is 12.6 Å². The monoisotopic (exact) mass is 245 g/mol. The van der Waals surface area contributed by atoms with Gasteiger partial charge in [0.15, 0.2) is 5.96 Å². The van der Waals surface area contributed by atoms with E-state index < -0.39 is 0 Å². The Morgan fingerprint density at radius 2 is 2.17 bits per heavy atom. The maximum absolute atomic E-state index is 6.05. The summed E-state index contributed by atoms with van der Waals surface area (Å²) < 4.78 is 0. The fourth-order valence-corrected chi connectivity index (χ4v) is 2.61. The molecule has 2 atom stereocenters. The molecule has 2 unspecified atom stereocenters. The highest BCUT2D eigenvalue weighted by Crippen LogP contribution is 2.31. The van der Waals surface area contributed by atoms with Crippen molar-refractivity contribution in [3.8, 4) is 0 Å². The van der Waals surface area contributed by atoms with E-state index in [1.807, 2.05) is 0 Å². The number of benzene rings is 1. The third-order valence-corrected chi connectivity index (χ3v) is 3.89. The van der Waals surface area contributed by atoms with Crippen LogP contribution in [-0.4, -0.2) is 23.4 Å². The van der Waals surface area contributed by atoms with Gasteiger partial charge in [0.2, 0.25) is 0 Å². The largest absolute Gasteiger partial charge is 0.370 e. The maximum atomic E-state index is 6.05. The van der Waals surface area contributed by atoms with Gasteiger partial charge in [0.1, 0.15) is 0 Å². The standard InChI is InChI=1S/C15H23N3/c1-5-12(4)18-14(9-17-15(18)16)13-8-10(2)6-7-11(13)3/h6-8,12,14H,5,9H2,1-4H3,(H2,16,17). The van der Waals surface area contributed by atoms with Crippen LogP contribution in [0, 0.1) is 13.8 Å². The Hall–Kier alpha value is -1.51. The highest BCUT2D eigenvalue weighted by molar-refractivity contribution is 5.80. The average Bonchev–Trinajstić information content (AvgIpc) is 2.73. The molecule has 1 aromatic carbocycles. The van der Waals surface area contributed by atoms with Gasteiger partial charge in [-0.1, -0.05) is 30.7 Å². The Labute approximate surface area is 110 Å². The van der Waals surface area contributed by atoms with Crippen LogP contribution in [0.15, 0.2) is 23.2 Å². The molecule has 0 spiro atoms. The predicted molar refractivity (Wildman–Crippen MR) is 76.7 cm³/mol. The minimum Gasteiger partial charge on any atom is -0.370 e. The second-order valence-electron chi connectivity index (χ2n) is 5.24. The number of nitrogens with zero attached hydrogens (tertiary/aromatic N) is 2. The molecule has 98 valence electrons. The first-order valence-electron chi connectivity index (χ1n) is 6.70. The molecule has 0 aromatic heterocycles. The van der Waals surface area contributed by atoms with Gasteiger partial charge in [-0.05, 0) is 38.3 Å². The summed E-state index contributed by atoms with van der Waals surface area (Å²) in [6.07, 6.45) is 1.08. The first-order chi connectivity index (χ1) is 8.54. The number of hydrogen-bond donors (Lipinski definition) is 1. The van der Waals surface area contributed by atoms with Gasteiger partial charge < -0.3 is 10.6 Å². The highest BCUT2D eigenvalue weighted by atomic mass is 15.3. The molecule has 2 rings (SSSR count). The summed E-state index contributed by atoms with van der Waals surface area (Å²) in [6.45, 7) is 9.48. The number of rotatable bonds is 3. The van der Waals surface area contributed by atoms with Crippen molar-refractivity contribution in [1.29, 1.82) is 0 Å². The molecule has 1 aliphatic heterocycles. The Morgan fingerprint density at radius 3 is 2.83 bits per heavy atom. The highest BCUT2D eigenvalue weighted by Gasteiger charge is 2.31. The van der Waals surface area contributed by atoms with E-state index in [0.717, 1.165) is 13.0 Å². The second-order valence-corrected chi connectivity index (χ2v) is 5.24. The van der Waals surface area contributed by atoms with Crippen molar-refractivity contribution < 1.29 is 0 Å². The Bertz CT molecular complexity index is 465. The van der Waals surface area contributed by atoms with Crippen molar-refractivity contribution in [3.05, 3.63) is 34.9 Å². The number of aryl methyl sites for hydroxylation is 2. The topological polar surface area (TPSA) is 41.6 Å². The zero-order valence-corrected chi connectivity index (χ0v) is 11.8. The SMILES string of the molecule is CCC(C)N1C(N)=NCC1c1cc(C)ccc1C. The summed E-state index contributed by atoms with van der Waals surface area (Å²) >= 11 is 0. The van der Waals surface area contributed by atoms with E-state index in [1.165, 1.54) is 16.7 Å². The molecule has 3 heteroatoms. The number of hydrogen-bond acceptors (Lipinski definition) is 3. The zero-order valence-electron chi connectivity index (χ0n) is 11.8. The average molecular weight is 245 g/mol. The molecule has 0 saturated heterocycles. The number of nitrogens with two attached hydrogens (primary N) is 1. The quantitative estimate of drug-likeness (QED) is 0.889. The van der Waals surface area contributed by atoms with Crippen LogP contribution >= 0.6 is 0 Å². The van der Waals surface area contributed by atoms with Crippen molar-refractivity contribution in [2.24, 2.45) is 10.7 Å². The summed E-state index contributed by atoms with van der Waals surface area (Å²) in [4.78, 5) is 6.70. The third kappa shape index (κ3) is 2.22. The van der Waals surface area contributed by atoms with E-state index in [-0.39, 0.29) is 0 Å². The van der Waals surface area contributed by atoms with E-state index >= 15 is 0 Å². The summed E-state index contributed by atoms with van der Waals surface area (Å²) in [5, 5.41) is 0. The normalized spacial score (nSPS) is 21.0. The molecular weight excluding hydrogens is 222 g/mol. The smallest absolute Gasteiger partial charge is 0.192 e. The first kappa shape index (κ1) is 12.9. The minimum absolute atomic E-state index is 0.305. The van der Waals surface area contributed by atoms with Crippen LogP contribution in [0.2, 0.25) is 0 Å². The van der Waals surface area contributed by atoms with Gasteiger partial charge in [0.25, 0.3) is 0 Å². The summed E-state index contributed by atoms with van der Waals surface area (Å²) in [5.41, 5.74) is 10.0. The van der Waals surface area contributed by atoms with Crippen LogP contribution in [0.3, 0.4) is 0 Å². The van der Waals surface area contributed by atoms with Crippen LogP contribution in [-0.2, 0) is 0 Å². The molecule has 1 aromatic rings.